The van der Waals surface area contributed by atoms with Crippen LogP contribution in [0.1, 0.15) is 86.1 Å². The molecule has 0 aromatic heterocycles. The fourth-order valence-electron chi connectivity index (χ4n) is 9.36. The summed E-state index contributed by atoms with van der Waals surface area (Å²) >= 11 is 0. The normalized spacial score (nSPS) is 12.1. The lowest BCUT2D eigenvalue weighted by molar-refractivity contribution is 0.590. The third-order valence-corrected chi connectivity index (χ3v) is 13.6. The molecular formula is C70H62N2. The lowest BCUT2D eigenvalue weighted by atomic mass is 9.87. The minimum absolute atomic E-state index is 0.136. The molecule has 0 saturated carbocycles. The first-order chi connectivity index (χ1) is 34.9. The van der Waals surface area contributed by atoms with Crippen LogP contribution in [-0.2, 0) is 10.8 Å². The van der Waals surface area contributed by atoms with E-state index in [1.807, 2.05) is 0 Å². The summed E-state index contributed by atoms with van der Waals surface area (Å²) in [5, 5.41) is 4.83. The average Bonchev–Trinajstić information content (AvgIpc) is 3.40. The van der Waals surface area contributed by atoms with E-state index in [0.717, 1.165) is 56.4 Å². The molecule has 0 fully saturated rings. The molecule has 0 radical (unpaired) electrons. The van der Waals surface area contributed by atoms with E-state index in [1.54, 1.807) is 0 Å². The molecule has 10 aromatic carbocycles. The van der Waals surface area contributed by atoms with Crippen molar-refractivity contribution in [1.82, 2.24) is 0 Å². The van der Waals surface area contributed by atoms with Gasteiger partial charge in [0.25, 0.3) is 0 Å². The highest BCUT2D eigenvalue weighted by Gasteiger charge is 2.18. The van der Waals surface area contributed by atoms with Crippen molar-refractivity contribution < 1.29 is 0 Å². The van der Waals surface area contributed by atoms with Gasteiger partial charge in [0.1, 0.15) is 0 Å². The van der Waals surface area contributed by atoms with Gasteiger partial charge in [0.05, 0.1) is 11.4 Å². The Balaban J connectivity index is 0.894. The Bertz CT molecular complexity index is 3280. The molecule has 352 valence electrons. The minimum atomic E-state index is 0.136. The molecule has 0 aliphatic rings. The van der Waals surface area contributed by atoms with E-state index >= 15 is 0 Å². The van der Waals surface area contributed by atoms with E-state index in [4.69, 9.17) is 0 Å². The first-order valence-corrected chi connectivity index (χ1v) is 25.1. The molecule has 0 aliphatic heterocycles. The quantitative estimate of drug-likeness (QED) is 0.113. The fourth-order valence-corrected chi connectivity index (χ4v) is 9.36. The summed E-state index contributed by atoms with van der Waals surface area (Å²) in [6.07, 6.45) is 13.2. The molecule has 10 rings (SSSR count). The van der Waals surface area contributed by atoms with E-state index in [9.17, 15) is 0 Å². The van der Waals surface area contributed by atoms with Gasteiger partial charge in [0.2, 0.25) is 0 Å². The van der Waals surface area contributed by atoms with Crippen molar-refractivity contribution in [3.05, 3.63) is 275 Å². The zero-order valence-corrected chi connectivity index (χ0v) is 42.3. The van der Waals surface area contributed by atoms with Gasteiger partial charge in [-0.3, -0.25) is 0 Å². The monoisotopic (exact) mass is 930 g/mol. The number of hydrogen-bond donors (Lipinski definition) is 0. The Kier molecular flexibility index (Phi) is 13.4. The third kappa shape index (κ3) is 10.8. The highest BCUT2D eigenvalue weighted by Crippen LogP contribution is 2.41. The van der Waals surface area contributed by atoms with Crippen molar-refractivity contribution in [3.63, 3.8) is 0 Å². The van der Waals surface area contributed by atoms with Gasteiger partial charge in [-0.1, -0.05) is 248 Å². The van der Waals surface area contributed by atoms with Crippen LogP contribution in [0.25, 0.3) is 58.0 Å². The van der Waals surface area contributed by atoms with Crippen LogP contribution in [0.2, 0.25) is 0 Å². The summed E-state index contributed by atoms with van der Waals surface area (Å²) in [6, 6.07) is 83.7. The van der Waals surface area contributed by atoms with Crippen molar-refractivity contribution in [3.8, 4) is 0 Å². The van der Waals surface area contributed by atoms with Crippen LogP contribution in [0, 0.1) is 0 Å². The summed E-state index contributed by atoms with van der Waals surface area (Å²) in [5.41, 5.74) is 16.6. The molecule has 0 N–H and O–H groups in total. The van der Waals surface area contributed by atoms with Crippen LogP contribution in [0.4, 0.5) is 34.1 Å². The van der Waals surface area contributed by atoms with Gasteiger partial charge in [0.15, 0.2) is 0 Å². The maximum Gasteiger partial charge on any atom is 0.0540 e. The van der Waals surface area contributed by atoms with E-state index in [0.29, 0.717) is 0 Å². The first kappa shape index (κ1) is 47.2. The van der Waals surface area contributed by atoms with Gasteiger partial charge < -0.3 is 9.80 Å². The topological polar surface area (TPSA) is 6.48 Å². The van der Waals surface area contributed by atoms with Crippen molar-refractivity contribution in [2.75, 3.05) is 9.80 Å². The fraction of sp³-hybridized carbons (Fsp3) is 0.114. The number of hydrogen-bond acceptors (Lipinski definition) is 2. The van der Waals surface area contributed by atoms with E-state index < -0.39 is 0 Å². The molecule has 0 saturated heterocycles. The van der Waals surface area contributed by atoms with Crippen LogP contribution in [-0.4, -0.2) is 0 Å². The Morgan fingerprint density at radius 3 is 0.750 bits per heavy atom. The molecule has 0 amide bonds. The molecule has 0 bridgehead atoms. The largest absolute Gasteiger partial charge is 0.310 e. The van der Waals surface area contributed by atoms with Gasteiger partial charge in [-0.05, 0) is 127 Å². The number of anilines is 6. The maximum absolute atomic E-state index is 2.37. The van der Waals surface area contributed by atoms with Crippen LogP contribution < -0.4 is 9.80 Å². The molecule has 10 aromatic rings. The Morgan fingerprint density at radius 2 is 0.486 bits per heavy atom. The van der Waals surface area contributed by atoms with E-state index in [2.05, 4.69) is 318 Å². The number of benzene rings is 10. The average molecular weight is 931 g/mol. The predicted octanol–water partition coefficient (Wildman–Crippen LogP) is 20.0. The second-order valence-corrected chi connectivity index (χ2v) is 20.8. The summed E-state index contributed by atoms with van der Waals surface area (Å²) in [5.74, 6) is 0. The number of fused-ring (bicyclic) bond motifs is 2. The smallest absolute Gasteiger partial charge is 0.0540 e. The highest BCUT2D eigenvalue weighted by molar-refractivity contribution is 6.00. The summed E-state index contributed by atoms with van der Waals surface area (Å²) < 4.78 is 0. The van der Waals surface area contributed by atoms with Gasteiger partial charge in [-0.25, -0.2) is 0 Å². The third-order valence-electron chi connectivity index (χ3n) is 13.6. The van der Waals surface area contributed by atoms with Gasteiger partial charge in [-0.15, -0.1) is 0 Å². The van der Waals surface area contributed by atoms with Crippen LogP contribution >= 0.6 is 0 Å². The molecule has 0 aliphatic carbocycles. The molecule has 0 unspecified atom stereocenters. The van der Waals surface area contributed by atoms with Crippen molar-refractivity contribution >= 4 is 92.1 Å². The van der Waals surface area contributed by atoms with Crippen LogP contribution in [0.15, 0.2) is 231 Å². The lowest BCUT2D eigenvalue weighted by Gasteiger charge is -2.27. The van der Waals surface area contributed by atoms with E-state index in [1.165, 1.54) is 43.8 Å². The molecule has 0 heterocycles. The van der Waals surface area contributed by atoms with Crippen molar-refractivity contribution in [2.24, 2.45) is 0 Å². The second-order valence-electron chi connectivity index (χ2n) is 20.8. The number of rotatable bonds is 12. The lowest BCUT2D eigenvalue weighted by Crippen LogP contribution is -2.10. The standard InChI is InChI=1S/C70H62N2/c1-69(2,3)59-39-27-51(28-40-59)21-23-53-31-43-61(44-32-53)71(67-19-11-15-57-13-7-9-17-65(57)67)63-47-35-55(36-48-63)25-26-56-37-49-64(50-38-56)72(68-20-12-16-58-14-8-10-18-66(58)68)62-45-33-54(34-46-62)24-22-52-29-41-60(42-30-52)70(4,5)6/h7-50H,1-6H3/b23-21+,24-22+,26-25+. The summed E-state index contributed by atoms with van der Waals surface area (Å²) in [6.45, 7) is 13.5. The van der Waals surface area contributed by atoms with Gasteiger partial charge in [0, 0.05) is 33.5 Å². The Morgan fingerprint density at radius 1 is 0.250 bits per heavy atom. The number of nitrogens with zero attached hydrogens (tertiary/aromatic N) is 2. The van der Waals surface area contributed by atoms with E-state index in [-0.39, 0.29) is 10.8 Å². The molecule has 0 atom stereocenters. The SMILES string of the molecule is CC(C)(C)c1ccc(/C=C/c2ccc(N(c3ccc(/C=C/c4ccc(N(c5ccc(/C=C/c6ccc(C(C)(C)C)cc6)cc5)c5cccc6ccccc56)cc4)cc3)c3cccc4ccccc34)cc2)cc1. The molecule has 2 nitrogen and oxygen atoms in total. The summed E-state index contributed by atoms with van der Waals surface area (Å²) in [4.78, 5) is 4.73. The first-order valence-electron chi connectivity index (χ1n) is 25.1. The predicted molar refractivity (Wildman–Crippen MR) is 314 cm³/mol. The van der Waals surface area contributed by atoms with Gasteiger partial charge >= 0.3 is 0 Å². The van der Waals surface area contributed by atoms with Crippen molar-refractivity contribution in [1.29, 1.82) is 0 Å². The van der Waals surface area contributed by atoms with Crippen LogP contribution in [0.5, 0.6) is 0 Å². The Hall–Kier alpha value is -8.46. The van der Waals surface area contributed by atoms with Gasteiger partial charge in [-0.2, -0.15) is 0 Å². The molecular weight excluding hydrogens is 869 g/mol. The maximum atomic E-state index is 2.37. The van der Waals surface area contributed by atoms with Crippen molar-refractivity contribution in [2.45, 2.75) is 52.4 Å². The minimum Gasteiger partial charge on any atom is -0.310 e. The zero-order chi connectivity index (χ0) is 49.7. The van der Waals surface area contributed by atoms with Crippen LogP contribution in [0.3, 0.4) is 0 Å². The molecule has 72 heavy (non-hydrogen) atoms. The molecule has 0 spiro atoms. The molecule has 2 heteroatoms. The second kappa shape index (κ2) is 20.5. The summed E-state index contributed by atoms with van der Waals surface area (Å²) in [7, 11) is 0. The Labute approximate surface area is 427 Å². The highest BCUT2D eigenvalue weighted by atomic mass is 15.1. The zero-order valence-electron chi connectivity index (χ0n) is 42.3.